The standard InChI is InChI=1S/C25H32O6/c1-2-3-4-5-6-7-8-9-10-16-11-12-18-21(13-16)31-25(24(30)22(18)28)17-14-19(26)23(29)20(27)15-17/h12-16,26-27,29-30H,2-11H2,1H3. The van der Waals surface area contributed by atoms with Crippen LogP contribution in [-0.2, 0) is 0 Å². The Morgan fingerprint density at radius 3 is 2.16 bits per heavy atom. The van der Waals surface area contributed by atoms with Crippen molar-refractivity contribution >= 4 is 12.2 Å². The Morgan fingerprint density at radius 1 is 0.903 bits per heavy atom. The van der Waals surface area contributed by atoms with Gasteiger partial charge in [-0.15, -0.1) is 0 Å². The van der Waals surface area contributed by atoms with Crippen LogP contribution in [0.1, 0.15) is 71.1 Å². The Hall–Kier alpha value is -2.89. The summed E-state index contributed by atoms with van der Waals surface area (Å²) in [6, 6.07) is 2.26. The number of hydrogen-bond acceptors (Lipinski definition) is 6. The average molecular weight is 429 g/mol. The smallest absolute Gasteiger partial charge is 0.234 e. The van der Waals surface area contributed by atoms with Gasteiger partial charge in [0.2, 0.25) is 11.2 Å². The van der Waals surface area contributed by atoms with Crippen molar-refractivity contribution in [3.8, 4) is 34.3 Å². The van der Waals surface area contributed by atoms with Gasteiger partial charge < -0.3 is 24.8 Å². The van der Waals surface area contributed by atoms with Crippen LogP contribution in [0, 0.1) is 5.92 Å². The van der Waals surface area contributed by atoms with Crippen LogP contribution in [-0.4, -0.2) is 20.4 Å². The summed E-state index contributed by atoms with van der Waals surface area (Å²) >= 11 is 0. The highest BCUT2D eigenvalue weighted by Crippen LogP contribution is 2.40. The van der Waals surface area contributed by atoms with E-state index in [1.807, 2.05) is 12.2 Å². The van der Waals surface area contributed by atoms with Crippen molar-refractivity contribution in [1.29, 1.82) is 0 Å². The molecule has 6 heteroatoms. The zero-order valence-corrected chi connectivity index (χ0v) is 18.1. The first-order chi connectivity index (χ1) is 14.9. The van der Waals surface area contributed by atoms with Gasteiger partial charge in [-0.25, -0.2) is 0 Å². The average Bonchev–Trinajstić information content (AvgIpc) is 2.76. The van der Waals surface area contributed by atoms with Crippen LogP contribution in [0.25, 0.3) is 23.5 Å². The van der Waals surface area contributed by atoms with Gasteiger partial charge in [-0.2, -0.15) is 0 Å². The molecule has 0 fully saturated rings. The molecule has 4 N–H and O–H groups in total. The van der Waals surface area contributed by atoms with Crippen molar-refractivity contribution in [3.63, 3.8) is 0 Å². The molecular formula is C25H32O6. The molecule has 6 nitrogen and oxygen atoms in total. The molecule has 1 unspecified atom stereocenters. The first-order valence-electron chi connectivity index (χ1n) is 11.3. The number of rotatable bonds is 10. The molecule has 0 radical (unpaired) electrons. The first kappa shape index (κ1) is 22.8. The van der Waals surface area contributed by atoms with Crippen LogP contribution in [0.2, 0.25) is 0 Å². The molecule has 1 aliphatic carbocycles. The molecule has 168 valence electrons. The molecular weight excluding hydrogens is 396 g/mol. The normalized spacial score (nSPS) is 15.2. The molecule has 0 amide bonds. The summed E-state index contributed by atoms with van der Waals surface area (Å²) in [5.41, 5.74) is -0.0606. The molecule has 2 aromatic rings. The molecule has 0 spiro atoms. The van der Waals surface area contributed by atoms with E-state index in [2.05, 4.69) is 6.92 Å². The fourth-order valence-corrected chi connectivity index (χ4v) is 4.10. The largest absolute Gasteiger partial charge is 0.504 e. The predicted molar refractivity (Wildman–Crippen MR) is 121 cm³/mol. The Kier molecular flexibility index (Phi) is 7.66. The van der Waals surface area contributed by atoms with E-state index >= 15 is 0 Å². The lowest BCUT2D eigenvalue weighted by Crippen LogP contribution is -2.41. The second-order valence-electron chi connectivity index (χ2n) is 8.38. The number of benzene rings is 1. The van der Waals surface area contributed by atoms with E-state index < -0.39 is 28.4 Å². The van der Waals surface area contributed by atoms with Crippen LogP contribution in [0.4, 0.5) is 0 Å². The SMILES string of the molecule is CCCCCCCCCCC1C=c2oc(-c3cc(O)c(O)c(O)c3)c(O)c(=O)c2=CC1. The second kappa shape index (κ2) is 10.4. The van der Waals surface area contributed by atoms with E-state index in [0.29, 0.717) is 10.6 Å². The topological polar surface area (TPSA) is 111 Å². The zero-order chi connectivity index (χ0) is 22.4. The molecule has 1 aromatic heterocycles. The lowest BCUT2D eigenvalue weighted by atomic mass is 9.93. The third-order valence-corrected chi connectivity index (χ3v) is 5.92. The van der Waals surface area contributed by atoms with Crippen LogP contribution >= 0.6 is 0 Å². The summed E-state index contributed by atoms with van der Waals surface area (Å²) < 4.78 is 5.82. The van der Waals surface area contributed by atoms with E-state index in [-0.39, 0.29) is 17.2 Å². The molecule has 0 saturated heterocycles. The first-order valence-corrected chi connectivity index (χ1v) is 11.3. The second-order valence-corrected chi connectivity index (χ2v) is 8.38. The van der Waals surface area contributed by atoms with Crippen molar-refractivity contribution in [2.24, 2.45) is 5.92 Å². The lowest BCUT2D eigenvalue weighted by Gasteiger charge is -2.14. The molecule has 0 saturated carbocycles. The van der Waals surface area contributed by atoms with Gasteiger partial charge in [0.05, 0.1) is 5.22 Å². The van der Waals surface area contributed by atoms with Gasteiger partial charge in [0.15, 0.2) is 23.0 Å². The van der Waals surface area contributed by atoms with Gasteiger partial charge >= 0.3 is 0 Å². The van der Waals surface area contributed by atoms with Crippen LogP contribution in [0.15, 0.2) is 21.3 Å². The number of hydrogen-bond donors (Lipinski definition) is 4. The van der Waals surface area contributed by atoms with Crippen LogP contribution < -0.4 is 16.1 Å². The van der Waals surface area contributed by atoms with E-state index in [1.165, 1.54) is 44.9 Å². The summed E-state index contributed by atoms with van der Waals surface area (Å²) in [5, 5.41) is 39.7. The van der Waals surface area contributed by atoms with Gasteiger partial charge in [-0.3, -0.25) is 4.79 Å². The third-order valence-electron chi connectivity index (χ3n) is 5.92. The van der Waals surface area contributed by atoms with Gasteiger partial charge in [-0.1, -0.05) is 64.4 Å². The van der Waals surface area contributed by atoms with Gasteiger partial charge in [0.1, 0.15) is 5.42 Å². The quantitative estimate of drug-likeness (QED) is 0.333. The van der Waals surface area contributed by atoms with Crippen molar-refractivity contribution in [1.82, 2.24) is 0 Å². The Morgan fingerprint density at radius 2 is 1.52 bits per heavy atom. The fraction of sp³-hybridized carbons (Fsp3) is 0.480. The van der Waals surface area contributed by atoms with Crippen LogP contribution in [0.5, 0.6) is 23.0 Å². The highest BCUT2D eigenvalue weighted by Gasteiger charge is 2.19. The molecule has 1 aliphatic rings. The maximum Gasteiger partial charge on any atom is 0.234 e. The number of unbranched alkanes of at least 4 members (excludes halogenated alkanes) is 7. The molecule has 3 rings (SSSR count). The van der Waals surface area contributed by atoms with Gasteiger partial charge in [0.25, 0.3) is 0 Å². The number of aromatic hydroxyl groups is 4. The fourth-order valence-electron chi connectivity index (χ4n) is 4.10. The Bertz CT molecular complexity index is 1060. The maximum atomic E-state index is 12.6. The number of phenolic OH excluding ortho intramolecular Hbond substituents is 3. The summed E-state index contributed by atoms with van der Waals surface area (Å²) in [5.74, 6) is -2.29. The molecule has 0 bridgehead atoms. The lowest BCUT2D eigenvalue weighted by molar-refractivity contribution is 0.367. The van der Waals surface area contributed by atoms with Gasteiger partial charge in [0, 0.05) is 5.56 Å². The summed E-state index contributed by atoms with van der Waals surface area (Å²) in [7, 11) is 0. The van der Waals surface area contributed by atoms with Gasteiger partial charge in [-0.05, 0) is 37.0 Å². The minimum absolute atomic E-state index is 0.101. The molecule has 1 heterocycles. The molecule has 31 heavy (non-hydrogen) atoms. The predicted octanol–water partition coefficient (Wildman–Crippen LogP) is 4.24. The summed E-state index contributed by atoms with van der Waals surface area (Å²) in [6.45, 7) is 2.22. The number of fused-ring (bicyclic) bond motifs is 1. The highest BCUT2D eigenvalue weighted by molar-refractivity contribution is 5.70. The Labute approximate surface area is 181 Å². The monoisotopic (exact) mass is 428 g/mol. The maximum absolute atomic E-state index is 12.6. The van der Waals surface area contributed by atoms with E-state index in [4.69, 9.17) is 4.42 Å². The third kappa shape index (κ3) is 5.43. The summed E-state index contributed by atoms with van der Waals surface area (Å²) in [4.78, 5) is 12.6. The molecule has 1 atom stereocenters. The van der Waals surface area contributed by atoms with Crippen molar-refractivity contribution in [2.45, 2.75) is 71.1 Å². The van der Waals surface area contributed by atoms with Crippen LogP contribution in [0.3, 0.4) is 0 Å². The molecule has 1 aromatic carbocycles. The van der Waals surface area contributed by atoms with E-state index in [1.54, 1.807) is 0 Å². The Balaban J connectivity index is 1.73. The summed E-state index contributed by atoms with van der Waals surface area (Å²) in [6.07, 6.45) is 15.5. The van der Waals surface area contributed by atoms with Crippen molar-refractivity contribution < 1.29 is 24.8 Å². The highest BCUT2D eigenvalue weighted by atomic mass is 16.4. The minimum Gasteiger partial charge on any atom is -0.504 e. The van der Waals surface area contributed by atoms with Crippen molar-refractivity contribution in [3.05, 3.63) is 33.0 Å². The molecule has 0 aliphatic heterocycles. The van der Waals surface area contributed by atoms with E-state index in [9.17, 15) is 25.2 Å². The number of phenols is 3. The van der Waals surface area contributed by atoms with E-state index in [0.717, 1.165) is 31.4 Å². The van der Waals surface area contributed by atoms with Crippen molar-refractivity contribution in [2.75, 3.05) is 0 Å². The minimum atomic E-state index is -0.672. The zero-order valence-electron chi connectivity index (χ0n) is 18.1.